The Bertz CT molecular complexity index is 88.4. The first-order chi connectivity index (χ1) is 5.12. The van der Waals surface area contributed by atoms with Crippen LogP contribution in [0.5, 0.6) is 0 Å². The van der Waals surface area contributed by atoms with Gasteiger partial charge in [0.25, 0.3) is 6.69 Å². The van der Waals surface area contributed by atoms with E-state index in [4.69, 9.17) is 27.9 Å². The van der Waals surface area contributed by atoms with Crippen LogP contribution in [0.25, 0.3) is 0 Å². The van der Waals surface area contributed by atoms with Crippen LogP contribution >= 0.6 is 22.2 Å². The normalized spacial score (nSPS) is 12.0. The second kappa shape index (κ2) is 6.29. The average molecular weight is 214 g/mol. The van der Waals surface area contributed by atoms with Crippen LogP contribution in [-0.4, -0.2) is 13.2 Å². The third-order valence-corrected chi connectivity index (χ3v) is 6.08. The van der Waals surface area contributed by atoms with Gasteiger partial charge in [-0.25, -0.2) is 0 Å². The number of hydrogen-bond acceptors (Lipinski definition) is 1. The highest BCUT2D eigenvalue weighted by Crippen LogP contribution is 2.28. The van der Waals surface area contributed by atoms with Crippen molar-refractivity contribution in [2.75, 3.05) is 6.54 Å². The van der Waals surface area contributed by atoms with Gasteiger partial charge in [0.15, 0.2) is 0 Å². The van der Waals surface area contributed by atoms with Gasteiger partial charge >= 0.3 is 0 Å². The smallest absolute Gasteiger partial charge is 0.251 e. The fourth-order valence-corrected chi connectivity index (χ4v) is 4.37. The van der Waals surface area contributed by atoms with Crippen LogP contribution in [0.1, 0.15) is 26.2 Å². The van der Waals surface area contributed by atoms with Crippen LogP contribution in [0, 0.1) is 0 Å². The van der Waals surface area contributed by atoms with E-state index in [1.807, 2.05) is 0 Å². The zero-order chi connectivity index (χ0) is 8.74. The van der Waals surface area contributed by atoms with Crippen LogP contribution in [-0.2, 0) is 0 Å². The molecule has 0 heterocycles. The Hall–Kier alpha value is 0.757. The van der Waals surface area contributed by atoms with E-state index in [9.17, 15) is 0 Å². The molecular formula is C7H17Cl2NSi. The SMILES string of the molecule is CCCC[Si](Cl)(Cl)CCCN. The first kappa shape index (κ1) is 11.8. The lowest BCUT2D eigenvalue weighted by molar-refractivity contribution is 0.860. The van der Waals surface area contributed by atoms with Gasteiger partial charge in [-0.05, 0) is 25.1 Å². The molecule has 11 heavy (non-hydrogen) atoms. The standard InChI is InChI=1S/C7H17Cl2NSi/c1-2-3-6-11(8,9)7-4-5-10/h2-7,10H2,1H3. The molecule has 0 amide bonds. The molecule has 0 spiro atoms. The van der Waals surface area contributed by atoms with E-state index in [1.54, 1.807) is 0 Å². The van der Waals surface area contributed by atoms with Gasteiger partial charge in [-0.2, -0.15) is 0 Å². The van der Waals surface area contributed by atoms with Gasteiger partial charge in [0.1, 0.15) is 0 Å². The first-order valence-corrected chi connectivity index (χ1v) is 8.64. The van der Waals surface area contributed by atoms with Crippen molar-refractivity contribution in [3.8, 4) is 0 Å². The maximum absolute atomic E-state index is 6.14. The van der Waals surface area contributed by atoms with Crippen LogP contribution in [0.2, 0.25) is 12.1 Å². The van der Waals surface area contributed by atoms with Crippen LogP contribution in [0.4, 0.5) is 0 Å². The molecule has 0 aliphatic rings. The van der Waals surface area contributed by atoms with Gasteiger partial charge in [-0.3, -0.25) is 0 Å². The Labute approximate surface area is 79.7 Å². The Morgan fingerprint density at radius 3 is 2.18 bits per heavy atom. The predicted octanol–water partition coefficient (Wildman–Crippen LogP) is 3.06. The van der Waals surface area contributed by atoms with Crippen LogP contribution in [0.3, 0.4) is 0 Å². The fourth-order valence-electron chi connectivity index (χ4n) is 0.921. The largest absolute Gasteiger partial charge is 0.330 e. The Kier molecular flexibility index (Phi) is 6.73. The van der Waals surface area contributed by atoms with Crippen molar-refractivity contribution < 1.29 is 0 Å². The van der Waals surface area contributed by atoms with Gasteiger partial charge in [0.2, 0.25) is 0 Å². The van der Waals surface area contributed by atoms with Crippen molar-refractivity contribution in [2.45, 2.75) is 38.3 Å². The lowest BCUT2D eigenvalue weighted by Gasteiger charge is -2.14. The van der Waals surface area contributed by atoms with E-state index in [0.717, 1.165) is 24.9 Å². The maximum Gasteiger partial charge on any atom is 0.251 e. The third kappa shape index (κ3) is 7.13. The van der Waals surface area contributed by atoms with E-state index in [0.29, 0.717) is 6.54 Å². The second-order valence-corrected chi connectivity index (χ2v) is 10.5. The quantitative estimate of drug-likeness (QED) is 0.533. The lowest BCUT2D eigenvalue weighted by Crippen LogP contribution is -2.19. The van der Waals surface area contributed by atoms with E-state index < -0.39 is 6.69 Å². The zero-order valence-electron chi connectivity index (χ0n) is 7.08. The summed E-state index contributed by atoms with van der Waals surface area (Å²) >= 11 is 12.3. The molecule has 0 saturated carbocycles. The summed E-state index contributed by atoms with van der Waals surface area (Å²) in [5, 5.41) is 0. The summed E-state index contributed by atoms with van der Waals surface area (Å²) in [6.07, 6.45) is 3.31. The maximum atomic E-state index is 6.14. The van der Waals surface area contributed by atoms with E-state index >= 15 is 0 Å². The number of rotatable bonds is 6. The summed E-state index contributed by atoms with van der Waals surface area (Å²) in [5.74, 6) is 0. The van der Waals surface area contributed by atoms with Crippen molar-refractivity contribution in [1.82, 2.24) is 0 Å². The zero-order valence-corrected chi connectivity index (χ0v) is 9.59. The van der Waals surface area contributed by atoms with E-state index in [2.05, 4.69) is 6.92 Å². The summed E-state index contributed by atoms with van der Waals surface area (Å²) in [6, 6.07) is 1.97. The minimum atomic E-state index is -1.88. The number of nitrogens with two attached hydrogens (primary N) is 1. The molecule has 0 aromatic carbocycles. The highest BCUT2D eigenvalue weighted by atomic mass is 35.7. The van der Waals surface area contributed by atoms with Crippen molar-refractivity contribution >= 4 is 28.9 Å². The molecule has 2 N–H and O–H groups in total. The van der Waals surface area contributed by atoms with Gasteiger partial charge < -0.3 is 5.73 Å². The van der Waals surface area contributed by atoms with Crippen LogP contribution in [0.15, 0.2) is 0 Å². The van der Waals surface area contributed by atoms with Gasteiger partial charge in [-0.15, -0.1) is 22.2 Å². The minimum absolute atomic E-state index is 0.709. The molecular weight excluding hydrogens is 197 g/mol. The topological polar surface area (TPSA) is 26.0 Å². The monoisotopic (exact) mass is 213 g/mol. The number of unbranched alkanes of at least 4 members (excludes halogenated alkanes) is 1. The third-order valence-electron chi connectivity index (χ3n) is 1.64. The molecule has 0 aromatic rings. The lowest BCUT2D eigenvalue weighted by atomic mass is 10.4. The first-order valence-electron chi connectivity index (χ1n) is 4.20. The fraction of sp³-hybridized carbons (Fsp3) is 1.00. The summed E-state index contributed by atoms with van der Waals surface area (Å²) in [4.78, 5) is 0. The molecule has 1 nitrogen and oxygen atoms in total. The van der Waals surface area contributed by atoms with Crippen molar-refractivity contribution in [2.24, 2.45) is 5.73 Å². The molecule has 0 aromatic heterocycles. The molecule has 4 heteroatoms. The van der Waals surface area contributed by atoms with Gasteiger partial charge in [0, 0.05) is 0 Å². The number of halogens is 2. The van der Waals surface area contributed by atoms with E-state index in [1.165, 1.54) is 6.42 Å². The van der Waals surface area contributed by atoms with Gasteiger partial charge in [-0.1, -0.05) is 19.8 Å². The molecule has 0 unspecified atom stereocenters. The molecule has 68 valence electrons. The Morgan fingerprint density at radius 2 is 1.73 bits per heavy atom. The average Bonchev–Trinajstić information content (AvgIpc) is 1.97. The molecule has 0 aliphatic heterocycles. The van der Waals surface area contributed by atoms with Crippen molar-refractivity contribution in [3.05, 3.63) is 0 Å². The van der Waals surface area contributed by atoms with E-state index in [-0.39, 0.29) is 0 Å². The van der Waals surface area contributed by atoms with Crippen LogP contribution < -0.4 is 5.73 Å². The van der Waals surface area contributed by atoms with Gasteiger partial charge in [0.05, 0.1) is 0 Å². The highest BCUT2D eigenvalue weighted by molar-refractivity contribution is 7.45. The molecule has 0 rings (SSSR count). The highest BCUT2D eigenvalue weighted by Gasteiger charge is 2.26. The summed E-state index contributed by atoms with van der Waals surface area (Å²) in [6.45, 7) is 0.982. The van der Waals surface area contributed by atoms with Crippen molar-refractivity contribution in [3.63, 3.8) is 0 Å². The second-order valence-electron chi connectivity index (χ2n) is 2.85. The predicted molar refractivity (Wildman–Crippen MR) is 55.7 cm³/mol. The molecule has 0 fully saturated rings. The molecule has 0 radical (unpaired) electrons. The summed E-state index contributed by atoms with van der Waals surface area (Å²) < 4.78 is 0. The Balaban J connectivity index is 3.43. The number of hydrogen-bond donors (Lipinski definition) is 1. The molecule has 0 saturated heterocycles. The minimum Gasteiger partial charge on any atom is -0.330 e. The molecule has 0 bridgehead atoms. The van der Waals surface area contributed by atoms with Crippen molar-refractivity contribution in [1.29, 1.82) is 0 Å². The molecule has 0 aliphatic carbocycles. The molecule has 0 atom stereocenters. The summed E-state index contributed by atoms with van der Waals surface area (Å²) in [7, 11) is 0. The Morgan fingerprint density at radius 1 is 1.18 bits per heavy atom. The summed E-state index contributed by atoms with van der Waals surface area (Å²) in [5.41, 5.74) is 5.37.